The molecule has 0 N–H and O–H groups in total. The standard InChI is InChI=1S/C20H14N2O3S/c23-19(13-25-20(24)14-7-5-6-12-21-14)22-15-8-1-3-10-17(15)26-18-11-4-2-9-16(18)22/h1-12H,13H2. The Morgan fingerprint density at radius 1 is 0.885 bits per heavy atom. The molecule has 6 heteroatoms. The Morgan fingerprint density at radius 2 is 1.50 bits per heavy atom. The van der Waals surface area contributed by atoms with Gasteiger partial charge in [-0.1, -0.05) is 42.1 Å². The molecule has 3 aromatic rings. The van der Waals surface area contributed by atoms with Gasteiger partial charge in [-0.2, -0.15) is 0 Å². The summed E-state index contributed by atoms with van der Waals surface area (Å²) in [5.74, 6) is -0.929. The largest absolute Gasteiger partial charge is 0.451 e. The zero-order valence-corrected chi connectivity index (χ0v) is 14.5. The molecule has 0 fully saturated rings. The van der Waals surface area contributed by atoms with Crippen LogP contribution in [0.4, 0.5) is 11.4 Å². The van der Waals surface area contributed by atoms with Gasteiger partial charge in [0, 0.05) is 16.0 Å². The maximum atomic E-state index is 12.9. The predicted octanol–water partition coefficient (Wildman–Crippen LogP) is 4.07. The highest BCUT2D eigenvalue weighted by Crippen LogP contribution is 2.47. The highest BCUT2D eigenvalue weighted by Gasteiger charge is 2.28. The lowest BCUT2D eigenvalue weighted by Gasteiger charge is -2.30. The van der Waals surface area contributed by atoms with E-state index in [2.05, 4.69) is 4.98 Å². The number of carbonyl (C=O) groups excluding carboxylic acids is 2. The highest BCUT2D eigenvalue weighted by atomic mass is 32.2. The van der Waals surface area contributed by atoms with Gasteiger partial charge in [0.25, 0.3) is 5.91 Å². The number of hydrogen-bond acceptors (Lipinski definition) is 5. The Balaban J connectivity index is 1.59. The lowest BCUT2D eigenvalue weighted by atomic mass is 10.2. The van der Waals surface area contributed by atoms with Gasteiger partial charge in [0.2, 0.25) is 0 Å². The zero-order chi connectivity index (χ0) is 17.9. The van der Waals surface area contributed by atoms with Crippen LogP contribution in [0.1, 0.15) is 10.5 Å². The third kappa shape index (κ3) is 3.07. The van der Waals surface area contributed by atoms with Crippen LogP contribution >= 0.6 is 11.8 Å². The van der Waals surface area contributed by atoms with Crippen molar-refractivity contribution in [3.05, 3.63) is 78.6 Å². The monoisotopic (exact) mass is 362 g/mol. The summed E-state index contributed by atoms with van der Waals surface area (Å²) in [7, 11) is 0. The van der Waals surface area contributed by atoms with Crippen LogP contribution in [0.3, 0.4) is 0 Å². The van der Waals surface area contributed by atoms with Crippen molar-refractivity contribution in [3.63, 3.8) is 0 Å². The molecule has 1 aliphatic rings. The first-order chi connectivity index (χ1) is 12.7. The van der Waals surface area contributed by atoms with Crippen LogP contribution in [-0.2, 0) is 9.53 Å². The van der Waals surface area contributed by atoms with Crippen LogP contribution in [-0.4, -0.2) is 23.5 Å². The molecule has 4 rings (SSSR count). The van der Waals surface area contributed by atoms with E-state index >= 15 is 0 Å². The lowest BCUT2D eigenvalue weighted by molar-refractivity contribution is -0.121. The summed E-state index contributed by atoms with van der Waals surface area (Å²) in [5.41, 5.74) is 1.75. The maximum absolute atomic E-state index is 12.9. The van der Waals surface area contributed by atoms with E-state index < -0.39 is 5.97 Å². The van der Waals surface area contributed by atoms with Crippen molar-refractivity contribution >= 4 is 35.0 Å². The van der Waals surface area contributed by atoms with Crippen LogP contribution in [0.15, 0.2) is 82.7 Å². The zero-order valence-electron chi connectivity index (χ0n) is 13.7. The highest BCUT2D eigenvalue weighted by molar-refractivity contribution is 7.99. The van der Waals surface area contributed by atoms with Gasteiger partial charge >= 0.3 is 5.97 Å². The Morgan fingerprint density at radius 3 is 2.12 bits per heavy atom. The molecular weight excluding hydrogens is 348 g/mol. The fourth-order valence-corrected chi connectivity index (χ4v) is 3.78. The first-order valence-electron chi connectivity index (χ1n) is 8.01. The van der Waals surface area contributed by atoms with Crippen molar-refractivity contribution in [1.82, 2.24) is 4.98 Å². The third-order valence-corrected chi connectivity index (χ3v) is 5.01. The molecule has 0 bridgehead atoms. The van der Waals surface area contributed by atoms with Crippen LogP contribution in [0.5, 0.6) is 0 Å². The van der Waals surface area contributed by atoms with Crippen LogP contribution in [0.2, 0.25) is 0 Å². The van der Waals surface area contributed by atoms with E-state index in [4.69, 9.17) is 4.74 Å². The molecule has 0 spiro atoms. The summed E-state index contributed by atoms with van der Waals surface area (Å²) < 4.78 is 5.17. The summed E-state index contributed by atoms with van der Waals surface area (Å²) in [6.45, 7) is -0.358. The molecule has 1 amide bonds. The number of pyridine rings is 1. The van der Waals surface area contributed by atoms with E-state index in [1.165, 1.54) is 6.20 Å². The predicted molar refractivity (Wildman–Crippen MR) is 98.7 cm³/mol. The number of fused-ring (bicyclic) bond motifs is 2. The first-order valence-corrected chi connectivity index (χ1v) is 8.83. The second kappa shape index (κ2) is 7.01. The molecule has 1 aliphatic heterocycles. The van der Waals surface area contributed by atoms with Crippen LogP contribution < -0.4 is 4.90 Å². The quantitative estimate of drug-likeness (QED) is 0.658. The molecule has 2 aromatic carbocycles. The van der Waals surface area contributed by atoms with E-state index in [9.17, 15) is 9.59 Å². The van der Waals surface area contributed by atoms with Crippen LogP contribution in [0, 0.1) is 0 Å². The number of para-hydroxylation sites is 2. The van der Waals surface area contributed by atoms with Crippen molar-refractivity contribution in [1.29, 1.82) is 0 Å². The van der Waals surface area contributed by atoms with Crippen molar-refractivity contribution in [2.24, 2.45) is 0 Å². The fourth-order valence-electron chi connectivity index (χ4n) is 2.72. The molecule has 0 saturated heterocycles. The smallest absolute Gasteiger partial charge is 0.357 e. The van der Waals surface area contributed by atoms with Gasteiger partial charge < -0.3 is 4.74 Å². The number of anilines is 2. The molecule has 0 unspecified atom stereocenters. The fraction of sp³-hybridized carbons (Fsp3) is 0.0500. The minimum absolute atomic E-state index is 0.176. The van der Waals surface area contributed by atoms with E-state index in [1.807, 2.05) is 48.5 Å². The summed E-state index contributed by atoms with van der Waals surface area (Å²) in [5, 5.41) is 0. The van der Waals surface area contributed by atoms with E-state index in [1.54, 1.807) is 34.9 Å². The normalized spacial score (nSPS) is 12.1. The number of nitrogens with zero attached hydrogens (tertiary/aromatic N) is 2. The van der Waals surface area contributed by atoms with Gasteiger partial charge in [-0.15, -0.1) is 0 Å². The van der Waals surface area contributed by atoms with E-state index in [-0.39, 0.29) is 18.2 Å². The number of aromatic nitrogens is 1. The topological polar surface area (TPSA) is 59.5 Å². The average Bonchev–Trinajstić information content (AvgIpc) is 2.70. The number of hydrogen-bond donors (Lipinski definition) is 0. The number of esters is 1. The number of benzene rings is 2. The molecule has 0 saturated carbocycles. The second-order valence-corrected chi connectivity index (χ2v) is 6.64. The molecule has 2 heterocycles. The summed E-state index contributed by atoms with van der Waals surface area (Å²) in [4.78, 5) is 32.4. The van der Waals surface area contributed by atoms with Gasteiger partial charge in [-0.25, -0.2) is 9.78 Å². The van der Waals surface area contributed by atoms with Gasteiger partial charge in [-0.05, 0) is 36.4 Å². The Labute approximate surface area is 154 Å². The number of amides is 1. The Bertz CT molecular complexity index is 930. The lowest BCUT2D eigenvalue weighted by Crippen LogP contribution is -2.32. The molecule has 0 radical (unpaired) electrons. The van der Waals surface area contributed by atoms with E-state index in [0.717, 1.165) is 21.2 Å². The van der Waals surface area contributed by atoms with Gasteiger partial charge in [0.05, 0.1) is 11.4 Å². The molecule has 0 atom stereocenters. The van der Waals surface area contributed by atoms with Gasteiger partial charge in [0.1, 0.15) is 5.69 Å². The summed E-state index contributed by atoms with van der Waals surface area (Å²) in [6.07, 6.45) is 1.51. The number of carbonyl (C=O) groups is 2. The SMILES string of the molecule is O=C(OCC(=O)N1c2ccccc2Sc2ccccc21)c1ccccn1. The summed E-state index contributed by atoms with van der Waals surface area (Å²) >= 11 is 1.61. The molecule has 128 valence electrons. The molecule has 5 nitrogen and oxygen atoms in total. The van der Waals surface area contributed by atoms with Gasteiger partial charge in [0.15, 0.2) is 6.61 Å². The minimum Gasteiger partial charge on any atom is -0.451 e. The molecule has 26 heavy (non-hydrogen) atoms. The first kappa shape index (κ1) is 16.4. The number of rotatable bonds is 3. The van der Waals surface area contributed by atoms with Crippen molar-refractivity contribution < 1.29 is 14.3 Å². The van der Waals surface area contributed by atoms with Crippen molar-refractivity contribution in [2.75, 3.05) is 11.5 Å². The summed E-state index contributed by atoms with van der Waals surface area (Å²) in [6, 6.07) is 20.3. The minimum atomic E-state index is -0.619. The average molecular weight is 362 g/mol. The Kier molecular flexibility index (Phi) is 4.41. The number of ether oxygens (including phenoxy) is 1. The Hall–Kier alpha value is -3.12. The van der Waals surface area contributed by atoms with Crippen LogP contribution in [0.25, 0.3) is 0 Å². The molecular formula is C20H14N2O3S. The maximum Gasteiger partial charge on any atom is 0.357 e. The molecule has 1 aromatic heterocycles. The second-order valence-electron chi connectivity index (χ2n) is 5.56. The third-order valence-electron chi connectivity index (χ3n) is 3.88. The van der Waals surface area contributed by atoms with E-state index in [0.29, 0.717) is 0 Å². The van der Waals surface area contributed by atoms with Gasteiger partial charge in [-0.3, -0.25) is 9.69 Å². The van der Waals surface area contributed by atoms with Crippen molar-refractivity contribution in [2.45, 2.75) is 9.79 Å². The molecule has 0 aliphatic carbocycles. The van der Waals surface area contributed by atoms with Crippen molar-refractivity contribution in [3.8, 4) is 0 Å².